The normalized spacial score (nSPS) is 15.9. The predicted octanol–water partition coefficient (Wildman–Crippen LogP) is 6.03. The van der Waals surface area contributed by atoms with Gasteiger partial charge in [0.05, 0.1) is 11.4 Å². The predicted molar refractivity (Wildman–Crippen MR) is 154 cm³/mol. The first kappa shape index (κ1) is 27.2. The maximum absolute atomic E-state index is 12.4. The summed E-state index contributed by atoms with van der Waals surface area (Å²) in [5.41, 5.74) is 7.78. The van der Waals surface area contributed by atoms with Gasteiger partial charge in [0.25, 0.3) is 0 Å². The topological polar surface area (TPSA) is 101 Å². The molecule has 2 aliphatic heterocycles. The van der Waals surface area contributed by atoms with Crippen LogP contribution in [0.4, 0.5) is 9.59 Å². The van der Waals surface area contributed by atoms with E-state index in [2.05, 4.69) is 40.7 Å². The Bertz CT molecular complexity index is 1460. The van der Waals surface area contributed by atoms with Gasteiger partial charge in [0.2, 0.25) is 0 Å². The minimum atomic E-state index is -0.878. The van der Waals surface area contributed by atoms with Gasteiger partial charge in [0.1, 0.15) is 11.3 Å². The van der Waals surface area contributed by atoms with Gasteiger partial charge in [-0.15, -0.1) is 5.10 Å². The van der Waals surface area contributed by atoms with E-state index in [0.29, 0.717) is 32.6 Å². The Morgan fingerprint density at radius 3 is 1.85 bits per heavy atom. The lowest BCUT2D eigenvalue weighted by molar-refractivity contribution is 0.0270. The molecule has 40 heavy (non-hydrogen) atoms. The minimum Gasteiger partial charge on any atom is -0.465 e. The van der Waals surface area contributed by atoms with Crippen molar-refractivity contribution in [2.75, 3.05) is 26.2 Å². The van der Waals surface area contributed by atoms with Crippen molar-refractivity contribution >= 4 is 23.3 Å². The lowest BCUT2D eigenvalue weighted by atomic mass is 9.97. The van der Waals surface area contributed by atoms with Crippen molar-refractivity contribution in [2.45, 2.75) is 46.1 Å². The first-order chi connectivity index (χ1) is 19.1. The zero-order valence-electron chi connectivity index (χ0n) is 23.4. The number of rotatable bonds is 4. The summed E-state index contributed by atoms with van der Waals surface area (Å²) < 4.78 is 7.34. The lowest BCUT2D eigenvalue weighted by Crippen LogP contribution is -2.39. The van der Waals surface area contributed by atoms with Gasteiger partial charge in [-0.05, 0) is 74.9 Å². The number of nitrogens with zero attached hydrogens (tertiary/aromatic N) is 5. The van der Waals surface area contributed by atoms with E-state index in [9.17, 15) is 9.59 Å². The molecule has 3 heterocycles. The molecule has 208 valence electrons. The van der Waals surface area contributed by atoms with Gasteiger partial charge in [-0.25, -0.2) is 14.3 Å². The first-order valence-electron chi connectivity index (χ1n) is 13.6. The molecule has 9 heteroatoms. The third-order valence-corrected chi connectivity index (χ3v) is 7.25. The Hall–Kier alpha value is -4.40. The third-order valence-electron chi connectivity index (χ3n) is 7.25. The smallest absolute Gasteiger partial charge is 0.410 e. The highest BCUT2D eigenvalue weighted by Gasteiger charge is 2.24. The second kappa shape index (κ2) is 11.0. The molecular weight excluding hydrogens is 506 g/mol. The standard InChI is InChI=1S/C31H35N5O4/c1-21-28(26-7-5-22(6-8-26)24-13-17-34(18-14-24)29(37)38)32-33-36(21)27-11-9-23(10-12-27)25-15-19-35(20-16-25)30(39)40-31(2,3)4/h5-13,15H,14,16-20H2,1-4H3,(H,37,38). The number of carboxylic acid groups (broad SMARTS) is 1. The molecule has 1 aromatic heterocycles. The molecule has 2 aliphatic rings. The summed E-state index contributed by atoms with van der Waals surface area (Å²) in [6.07, 6.45) is 4.40. The molecule has 0 saturated carbocycles. The Balaban J connectivity index is 1.26. The molecule has 0 atom stereocenters. The van der Waals surface area contributed by atoms with E-state index in [4.69, 9.17) is 9.84 Å². The number of hydrogen-bond donors (Lipinski definition) is 1. The zero-order chi connectivity index (χ0) is 28.4. The molecule has 0 bridgehead atoms. The quantitative estimate of drug-likeness (QED) is 0.433. The maximum atomic E-state index is 12.4. The fourth-order valence-electron chi connectivity index (χ4n) is 5.03. The number of hydrogen-bond acceptors (Lipinski definition) is 5. The van der Waals surface area contributed by atoms with E-state index < -0.39 is 11.7 Å². The molecule has 5 rings (SSSR count). The highest BCUT2D eigenvalue weighted by atomic mass is 16.6. The van der Waals surface area contributed by atoms with Gasteiger partial charge >= 0.3 is 12.2 Å². The van der Waals surface area contributed by atoms with Crippen LogP contribution in [0.1, 0.15) is 50.4 Å². The van der Waals surface area contributed by atoms with Gasteiger partial charge in [-0.1, -0.05) is 53.8 Å². The van der Waals surface area contributed by atoms with Crippen molar-refractivity contribution < 1.29 is 19.4 Å². The SMILES string of the molecule is Cc1c(-c2ccc(C3=CCN(C(=O)O)CC3)cc2)nnn1-c1ccc(C2=CCN(C(=O)OC(C)(C)C)CC2)cc1. The average Bonchev–Trinajstić information content (AvgIpc) is 3.33. The molecule has 0 unspecified atom stereocenters. The lowest BCUT2D eigenvalue weighted by Gasteiger charge is -2.29. The van der Waals surface area contributed by atoms with E-state index in [1.54, 1.807) is 4.90 Å². The van der Waals surface area contributed by atoms with Gasteiger partial charge in [-0.2, -0.15) is 0 Å². The van der Waals surface area contributed by atoms with Gasteiger partial charge in [0, 0.05) is 31.7 Å². The summed E-state index contributed by atoms with van der Waals surface area (Å²) in [4.78, 5) is 26.7. The number of amides is 2. The summed E-state index contributed by atoms with van der Waals surface area (Å²) in [6.45, 7) is 9.74. The van der Waals surface area contributed by atoms with Crippen molar-refractivity contribution in [3.05, 3.63) is 77.5 Å². The third kappa shape index (κ3) is 5.93. The van der Waals surface area contributed by atoms with Gasteiger partial charge in [0.15, 0.2) is 0 Å². The van der Waals surface area contributed by atoms with Gasteiger partial charge < -0.3 is 19.6 Å². The summed E-state index contributed by atoms with van der Waals surface area (Å²) in [6, 6.07) is 16.5. The van der Waals surface area contributed by atoms with Crippen molar-refractivity contribution in [1.82, 2.24) is 24.8 Å². The largest absolute Gasteiger partial charge is 0.465 e. The number of aromatic nitrogens is 3. The van der Waals surface area contributed by atoms with E-state index in [1.807, 2.05) is 62.7 Å². The van der Waals surface area contributed by atoms with Crippen LogP contribution >= 0.6 is 0 Å². The van der Waals surface area contributed by atoms with E-state index in [-0.39, 0.29) is 6.09 Å². The van der Waals surface area contributed by atoms with Crippen molar-refractivity contribution in [1.29, 1.82) is 0 Å². The van der Waals surface area contributed by atoms with Crippen LogP contribution in [0, 0.1) is 6.92 Å². The molecule has 0 spiro atoms. The van der Waals surface area contributed by atoms with Crippen LogP contribution < -0.4 is 0 Å². The van der Waals surface area contributed by atoms with Crippen LogP contribution in [0.2, 0.25) is 0 Å². The van der Waals surface area contributed by atoms with Crippen molar-refractivity contribution in [3.8, 4) is 16.9 Å². The van der Waals surface area contributed by atoms with Crippen LogP contribution in [-0.2, 0) is 4.74 Å². The van der Waals surface area contributed by atoms with Crippen LogP contribution in [0.25, 0.3) is 28.1 Å². The zero-order valence-corrected chi connectivity index (χ0v) is 23.4. The second-order valence-corrected chi connectivity index (χ2v) is 11.2. The van der Waals surface area contributed by atoms with E-state index >= 15 is 0 Å². The number of benzene rings is 2. The summed E-state index contributed by atoms with van der Waals surface area (Å²) in [7, 11) is 0. The van der Waals surface area contributed by atoms with Crippen LogP contribution in [0.15, 0.2) is 60.7 Å². The first-order valence-corrected chi connectivity index (χ1v) is 13.6. The maximum Gasteiger partial charge on any atom is 0.410 e. The Morgan fingerprint density at radius 1 is 0.825 bits per heavy atom. The average molecular weight is 542 g/mol. The highest BCUT2D eigenvalue weighted by Crippen LogP contribution is 2.29. The van der Waals surface area contributed by atoms with Crippen molar-refractivity contribution in [2.24, 2.45) is 0 Å². The molecule has 3 aromatic rings. The second-order valence-electron chi connectivity index (χ2n) is 11.2. The Kier molecular flexibility index (Phi) is 7.47. The number of carbonyl (C=O) groups is 2. The molecule has 2 aromatic carbocycles. The van der Waals surface area contributed by atoms with E-state index in [1.165, 1.54) is 10.5 Å². The van der Waals surface area contributed by atoms with Crippen LogP contribution in [0.5, 0.6) is 0 Å². The minimum absolute atomic E-state index is 0.275. The fourth-order valence-corrected chi connectivity index (χ4v) is 5.03. The molecule has 0 aliphatic carbocycles. The summed E-state index contributed by atoms with van der Waals surface area (Å²) in [5, 5.41) is 18.0. The van der Waals surface area contributed by atoms with Gasteiger partial charge in [-0.3, -0.25) is 0 Å². The van der Waals surface area contributed by atoms with Crippen LogP contribution in [0.3, 0.4) is 0 Å². The Labute approximate surface area is 234 Å². The molecule has 0 saturated heterocycles. The number of ether oxygens (including phenoxy) is 1. The molecule has 9 nitrogen and oxygen atoms in total. The van der Waals surface area contributed by atoms with Crippen LogP contribution in [-0.4, -0.2) is 73.9 Å². The molecular formula is C31H35N5O4. The Morgan fingerprint density at radius 2 is 1.35 bits per heavy atom. The molecule has 2 amide bonds. The number of carbonyl (C=O) groups excluding carboxylic acids is 1. The van der Waals surface area contributed by atoms with Crippen molar-refractivity contribution in [3.63, 3.8) is 0 Å². The molecule has 1 N–H and O–H groups in total. The monoisotopic (exact) mass is 541 g/mol. The highest BCUT2D eigenvalue weighted by molar-refractivity contribution is 5.74. The summed E-state index contributed by atoms with van der Waals surface area (Å²) in [5.74, 6) is 0. The fraction of sp³-hybridized carbons (Fsp3) is 0.355. The summed E-state index contributed by atoms with van der Waals surface area (Å²) >= 11 is 0. The molecule has 0 radical (unpaired) electrons. The van der Waals surface area contributed by atoms with E-state index in [0.717, 1.165) is 45.8 Å². The molecule has 0 fully saturated rings.